The standard InChI is InChI=1S/C17H20N2O2/c1-11-7-12(2)10-19(9-11)16-8-14(17(20)21)13-5-3-4-6-15(13)18-16/h3-6,8,11-12H,7,9-10H2,1-2H3,(H,20,21). The fraction of sp³-hybridized carbons (Fsp3) is 0.412. The molecule has 3 rings (SSSR count). The Morgan fingerprint density at radius 1 is 1.24 bits per heavy atom. The Kier molecular flexibility index (Phi) is 3.53. The molecular formula is C17H20N2O2. The van der Waals surface area contributed by atoms with Gasteiger partial charge in [-0.15, -0.1) is 0 Å². The molecule has 2 unspecified atom stereocenters. The maximum atomic E-state index is 11.5. The molecule has 4 nitrogen and oxygen atoms in total. The van der Waals surface area contributed by atoms with Crippen LogP contribution in [0.3, 0.4) is 0 Å². The molecule has 110 valence electrons. The molecule has 1 aromatic heterocycles. The number of aromatic nitrogens is 1. The summed E-state index contributed by atoms with van der Waals surface area (Å²) in [6, 6.07) is 9.15. The molecule has 0 radical (unpaired) electrons. The molecule has 1 aliphatic heterocycles. The van der Waals surface area contributed by atoms with Crippen molar-refractivity contribution in [1.82, 2.24) is 4.98 Å². The van der Waals surface area contributed by atoms with E-state index in [4.69, 9.17) is 0 Å². The molecule has 4 heteroatoms. The predicted octanol–water partition coefficient (Wildman–Crippen LogP) is 3.42. The van der Waals surface area contributed by atoms with E-state index in [0.717, 1.165) is 24.4 Å². The van der Waals surface area contributed by atoms with E-state index in [1.54, 1.807) is 6.07 Å². The van der Waals surface area contributed by atoms with E-state index >= 15 is 0 Å². The molecule has 0 amide bonds. The van der Waals surface area contributed by atoms with Crippen LogP contribution in [0.4, 0.5) is 5.82 Å². The van der Waals surface area contributed by atoms with Gasteiger partial charge in [-0.1, -0.05) is 32.0 Å². The first-order chi connectivity index (χ1) is 10.0. The van der Waals surface area contributed by atoms with Crippen LogP contribution in [-0.2, 0) is 0 Å². The van der Waals surface area contributed by atoms with Crippen molar-refractivity contribution in [3.05, 3.63) is 35.9 Å². The third-order valence-electron chi connectivity index (χ3n) is 4.13. The van der Waals surface area contributed by atoms with Crippen LogP contribution in [0.25, 0.3) is 10.9 Å². The van der Waals surface area contributed by atoms with Crippen molar-refractivity contribution in [2.45, 2.75) is 20.3 Å². The zero-order valence-electron chi connectivity index (χ0n) is 12.4. The lowest BCUT2D eigenvalue weighted by Crippen LogP contribution is -2.39. The first-order valence-corrected chi connectivity index (χ1v) is 7.42. The van der Waals surface area contributed by atoms with Crippen LogP contribution in [-0.4, -0.2) is 29.1 Å². The third-order valence-corrected chi connectivity index (χ3v) is 4.13. The Morgan fingerprint density at radius 3 is 2.57 bits per heavy atom. The largest absolute Gasteiger partial charge is 0.478 e. The van der Waals surface area contributed by atoms with Crippen molar-refractivity contribution in [2.24, 2.45) is 11.8 Å². The van der Waals surface area contributed by atoms with Gasteiger partial charge in [0, 0.05) is 18.5 Å². The lowest BCUT2D eigenvalue weighted by atomic mass is 9.92. The quantitative estimate of drug-likeness (QED) is 0.918. The van der Waals surface area contributed by atoms with Gasteiger partial charge in [-0.25, -0.2) is 9.78 Å². The normalized spacial score (nSPS) is 22.5. The second-order valence-corrected chi connectivity index (χ2v) is 6.20. The summed E-state index contributed by atoms with van der Waals surface area (Å²) in [4.78, 5) is 18.4. The Morgan fingerprint density at radius 2 is 1.90 bits per heavy atom. The molecule has 1 saturated heterocycles. The van der Waals surface area contributed by atoms with E-state index in [2.05, 4.69) is 23.7 Å². The zero-order chi connectivity index (χ0) is 15.0. The Bertz CT molecular complexity index is 674. The predicted molar refractivity (Wildman–Crippen MR) is 83.9 cm³/mol. The molecule has 0 spiro atoms. The van der Waals surface area contributed by atoms with Crippen molar-refractivity contribution >= 4 is 22.7 Å². The summed E-state index contributed by atoms with van der Waals surface area (Å²) in [5, 5.41) is 10.2. The summed E-state index contributed by atoms with van der Waals surface area (Å²) >= 11 is 0. The highest BCUT2D eigenvalue weighted by Crippen LogP contribution is 2.28. The SMILES string of the molecule is CC1CC(C)CN(c2cc(C(=O)O)c3ccccc3n2)C1. The number of piperidine rings is 1. The number of carboxylic acid groups (broad SMARTS) is 1. The Balaban J connectivity index is 2.08. The van der Waals surface area contributed by atoms with Gasteiger partial charge in [0.25, 0.3) is 0 Å². The molecule has 0 bridgehead atoms. The molecule has 0 saturated carbocycles. The van der Waals surface area contributed by atoms with Gasteiger partial charge in [0.2, 0.25) is 0 Å². The van der Waals surface area contributed by atoms with Gasteiger partial charge in [-0.3, -0.25) is 0 Å². The molecule has 1 N–H and O–H groups in total. The summed E-state index contributed by atoms with van der Waals surface area (Å²) in [5.74, 6) is 1.10. The lowest BCUT2D eigenvalue weighted by molar-refractivity contribution is 0.0699. The summed E-state index contributed by atoms with van der Waals surface area (Å²) in [5.41, 5.74) is 1.08. The molecule has 1 aromatic carbocycles. The van der Waals surface area contributed by atoms with E-state index in [1.165, 1.54) is 6.42 Å². The van der Waals surface area contributed by atoms with E-state index in [-0.39, 0.29) is 0 Å². The van der Waals surface area contributed by atoms with Crippen molar-refractivity contribution < 1.29 is 9.90 Å². The molecule has 2 heterocycles. The number of hydrogen-bond acceptors (Lipinski definition) is 3. The van der Waals surface area contributed by atoms with Crippen LogP contribution in [0, 0.1) is 11.8 Å². The number of rotatable bonds is 2. The highest BCUT2D eigenvalue weighted by atomic mass is 16.4. The highest BCUT2D eigenvalue weighted by Gasteiger charge is 2.24. The first kappa shape index (κ1) is 13.9. The van der Waals surface area contributed by atoms with Crippen LogP contribution in [0.5, 0.6) is 0 Å². The second kappa shape index (κ2) is 5.35. The van der Waals surface area contributed by atoms with Crippen LogP contribution < -0.4 is 4.90 Å². The van der Waals surface area contributed by atoms with Crippen LogP contribution in [0.2, 0.25) is 0 Å². The van der Waals surface area contributed by atoms with Crippen molar-refractivity contribution in [2.75, 3.05) is 18.0 Å². The molecule has 21 heavy (non-hydrogen) atoms. The lowest BCUT2D eigenvalue weighted by Gasteiger charge is -2.36. The monoisotopic (exact) mass is 284 g/mol. The minimum Gasteiger partial charge on any atom is -0.478 e. The molecule has 2 aromatic rings. The van der Waals surface area contributed by atoms with E-state index < -0.39 is 5.97 Å². The van der Waals surface area contributed by atoms with Gasteiger partial charge >= 0.3 is 5.97 Å². The van der Waals surface area contributed by atoms with Gasteiger partial charge in [-0.05, 0) is 30.4 Å². The first-order valence-electron chi connectivity index (χ1n) is 7.42. The summed E-state index contributed by atoms with van der Waals surface area (Å²) in [7, 11) is 0. The Labute approximate surface area is 124 Å². The number of pyridine rings is 1. The minimum absolute atomic E-state index is 0.335. The fourth-order valence-corrected chi connectivity index (χ4v) is 3.35. The Hall–Kier alpha value is -2.10. The average molecular weight is 284 g/mol. The van der Waals surface area contributed by atoms with Crippen LogP contribution in [0.1, 0.15) is 30.6 Å². The number of carbonyl (C=O) groups is 1. The molecule has 0 aliphatic carbocycles. The third kappa shape index (κ3) is 2.71. The molecule has 2 atom stereocenters. The van der Waals surface area contributed by atoms with Crippen molar-refractivity contribution in [3.63, 3.8) is 0 Å². The molecule has 1 aliphatic rings. The summed E-state index contributed by atoms with van der Waals surface area (Å²) in [6.45, 7) is 6.35. The maximum Gasteiger partial charge on any atom is 0.336 e. The van der Waals surface area contributed by atoms with Crippen molar-refractivity contribution in [3.8, 4) is 0 Å². The van der Waals surface area contributed by atoms with E-state index in [9.17, 15) is 9.90 Å². The number of fused-ring (bicyclic) bond motifs is 1. The number of nitrogens with zero attached hydrogens (tertiary/aromatic N) is 2. The highest BCUT2D eigenvalue weighted by molar-refractivity contribution is 6.03. The number of para-hydroxylation sites is 1. The van der Waals surface area contributed by atoms with Gasteiger partial charge < -0.3 is 10.0 Å². The number of anilines is 1. The fourth-order valence-electron chi connectivity index (χ4n) is 3.35. The smallest absolute Gasteiger partial charge is 0.336 e. The minimum atomic E-state index is -0.895. The van der Waals surface area contributed by atoms with Gasteiger partial charge in [-0.2, -0.15) is 0 Å². The number of hydrogen-bond donors (Lipinski definition) is 1. The van der Waals surface area contributed by atoms with E-state index in [0.29, 0.717) is 22.8 Å². The summed E-state index contributed by atoms with van der Waals surface area (Å²) < 4.78 is 0. The zero-order valence-corrected chi connectivity index (χ0v) is 12.4. The second-order valence-electron chi connectivity index (χ2n) is 6.20. The van der Waals surface area contributed by atoms with Crippen molar-refractivity contribution in [1.29, 1.82) is 0 Å². The summed E-state index contributed by atoms with van der Waals surface area (Å²) in [6.07, 6.45) is 1.22. The van der Waals surface area contributed by atoms with Crippen LogP contribution >= 0.6 is 0 Å². The number of carboxylic acids is 1. The number of benzene rings is 1. The molecule has 1 fully saturated rings. The molecular weight excluding hydrogens is 264 g/mol. The van der Waals surface area contributed by atoms with E-state index in [1.807, 2.05) is 24.3 Å². The van der Waals surface area contributed by atoms with Gasteiger partial charge in [0.15, 0.2) is 0 Å². The topological polar surface area (TPSA) is 53.4 Å². The number of aromatic carboxylic acids is 1. The van der Waals surface area contributed by atoms with Gasteiger partial charge in [0.05, 0.1) is 11.1 Å². The van der Waals surface area contributed by atoms with Gasteiger partial charge in [0.1, 0.15) is 5.82 Å². The average Bonchev–Trinajstić information content (AvgIpc) is 2.45. The maximum absolute atomic E-state index is 11.5. The van der Waals surface area contributed by atoms with Crippen LogP contribution in [0.15, 0.2) is 30.3 Å².